The number of anilines is 2. The zero-order valence-electron chi connectivity index (χ0n) is 13.8. The zero-order chi connectivity index (χ0) is 17.5. The van der Waals surface area contributed by atoms with Crippen molar-refractivity contribution < 1.29 is 14.3 Å². The van der Waals surface area contributed by atoms with E-state index < -0.39 is 0 Å². The molecule has 1 heterocycles. The summed E-state index contributed by atoms with van der Waals surface area (Å²) in [6.45, 7) is 3.79. The number of nitrogens with zero attached hydrogens (tertiary/aromatic N) is 1. The van der Waals surface area contributed by atoms with Gasteiger partial charge in [0, 0.05) is 29.6 Å². The Hall–Kier alpha value is -2.45. The third kappa shape index (κ3) is 5.32. The third-order valence-corrected chi connectivity index (χ3v) is 4.20. The summed E-state index contributed by atoms with van der Waals surface area (Å²) >= 11 is 1.51. The van der Waals surface area contributed by atoms with Crippen LogP contribution < -0.4 is 16.0 Å². The number of nitrogens with one attached hydrogen (secondary N) is 3. The summed E-state index contributed by atoms with van der Waals surface area (Å²) in [4.78, 5) is 27.8. The normalized spacial score (nSPS) is 11.6. The van der Waals surface area contributed by atoms with Gasteiger partial charge in [-0.25, -0.2) is 9.78 Å². The average molecular weight is 348 g/mol. The summed E-state index contributed by atoms with van der Waals surface area (Å²) in [7, 11) is 1.46. The van der Waals surface area contributed by atoms with Gasteiger partial charge < -0.3 is 20.7 Å². The number of thiazole rings is 1. The Kier molecular flexibility index (Phi) is 6.28. The minimum absolute atomic E-state index is 0.00345. The quantitative estimate of drug-likeness (QED) is 0.748. The van der Waals surface area contributed by atoms with Crippen molar-refractivity contribution in [1.82, 2.24) is 10.3 Å². The Morgan fingerprint density at radius 3 is 2.38 bits per heavy atom. The molecule has 0 aliphatic rings. The Bertz CT molecular complexity index is 700. The van der Waals surface area contributed by atoms with E-state index in [-0.39, 0.29) is 24.6 Å². The fraction of sp³-hybridized carbons (Fsp3) is 0.312. The molecule has 3 N–H and O–H groups in total. The van der Waals surface area contributed by atoms with Crippen molar-refractivity contribution >= 4 is 34.6 Å². The van der Waals surface area contributed by atoms with E-state index in [1.54, 1.807) is 24.3 Å². The van der Waals surface area contributed by atoms with Gasteiger partial charge in [-0.2, -0.15) is 0 Å². The van der Waals surface area contributed by atoms with Crippen LogP contribution in [-0.4, -0.2) is 30.6 Å². The number of urea groups is 1. The molecule has 24 heavy (non-hydrogen) atoms. The topological polar surface area (TPSA) is 92.4 Å². The molecule has 0 aliphatic carbocycles. The molecule has 1 aromatic carbocycles. The first-order chi connectivity index (χ1) is 11.5. The standard InChI is InChI=1S/C16H20N4O3S/c1-10-9-24-15(17-10)11(2)18-16(22)20-13-6-4-12(5-7-13)19-14(21)8-23-3/h4-7,9,11H,8H2,1-3H3,(H,19,21)(H2,18,20,22)/t11-/m1/s1. The maximum atomic E-state index is 12.0. The highest BCUT2D eigenvalue weighted by molar-refractivity contribution is 7.09. The number of carbonyl (C=O) groups is 2. The zero-order valence-corrected chi connectivity index (χ0v) is 14.6. The number of amides is 3. The lowest BCUT2D eigenvalue weighted by atomic mass is 10.2. The molecule has 7 nitrogen and oxygen atoms in total. The van der Waals surface area contributed by atoms with Crippen LogP contribution in [0.5, 0.6) is 0 Å². The van der Waals surface area contributed by atoms with E-state index in [1.165, 1.54) is 18.4 Å². The Labute approximate surface area is 144 Å². The van der Waals surface area contributed by atoms with Crippen molar-refractivity contribution in [2.45, 2.75) is 19.9 Å². The molecule has 0 aliphatic heterocycles. The predicted molar refractivity (Wildman–Crippen MR) is 94.4 cm³/mol. The molecule has 2 aromatic rings. The van der Waals surface area contributed by atoms with E-state index in [9.17, 15) is 9.59 Å². The second-order valence-corrected chi connectivity index (χ2v) is 6.10. The monoisotopic (exact) mass is 348 g/mol. The molecule has 0 saturated heterocycles. The van der Waals surface area contributed by atoms with Gasteiger partial charge in [-0.15, -0.1) is 11.3 Å². The summed E-state index contributed by atoms with van der Waals surface area (Å²) in [5, 5.41) is 11.1. The molecule has 0 bridgehead atoms. The number of aryl methyl sites for hydroxylation is 1. The van der Waals surface area contributed by atoms with Gasteiger partial charge in [0.05, 0.1) is 6.04 Å². The van der Waals surface area contributed by atoms with Crippen molar-refractivity contribution in [3.63, 3.8) is 0 Å². The molecule has 1 aromatic heterocycles. The second-order valence-electron chi connectivity index (χ2n) is 5.21. The third-order valence-electron chi connectivity index (χ3n) is 3.06. The van der Waals surface area contributed by atoms with Crippen LogP contribution in [0.1, 0.15) is 23.7 Å². The second kappa shape index (κ2) is 8.42. The van der Waals surface area contributed by atoms with Crippen LogP contribution in [0.3, 0.4) is 0 Å². The number of hydrogen-bond acceptors (Lipinski definition) is 5. The molecule has 0 unspecified atom stereocenters. The van der Waals surface area contributed by atoms with Gasteiger partial charge in [0.25, 0.3) is 0 Å². The highest BCUT2D eigenvalue weighted by Crippen LogP contribution is 2.18. The van der Waals surface area contributed by atoms with Crippen molar-refractivity contribution in [2.24, 2.45) is 0 Å². The lowest BCUT2D eigenvalue weighted by molar-refractivity contribution is -0.119. The minimum atomic E-state index is -0.313. The van der Waals surface area contributed by atoms with Crippen LogP contribution >= 0.6 is 11.3 Å². The van der Waals surface area contributed by atoms with E-state index in [0.29, 0.717) is 11.4 Å². The molecule has 2 rings (SSSR count). The summed E-state index contributed by atoms with van der Waals surface area (Å²) in [5.41, 5.74) is 2.20. The van der Waals surface area contributed by atoms with Gasteiger partial charge in [-0.1, -0.05) is 0 Å². The smallest absolute Gasteiger partial charge is 0.319 e. The number of carbonyl (C=O) groups excluding carboxylic acids is 2. The average Bonchev–Trinajstić information content (AvgIpc) is 2.96. The summed E-state index contributed by atoms with van der Waals surface area (Å²) in [6, 6.07) is 6.34. The van der Waals surface area contributed by atoms with Crippen molar-refractivity contribution in [1.29, 1.82) is 0 Å². The van der Waals surface area contributed by atoms with E-state index in [1.807, 2.05) is 19.2 Å². The largest absolute Gasteiger partial charge is 0.375 e. The molecule has 0 radical (unpaired) electrons. The lowest BCUT2D eigenvalue weighted by Crippen LogP contribution is -2.31. The van der Waals surface area contributed by atoms with Crippen LogP contribution in [0.25, 0.3) is 0 Å². The number of benzene rings is 1. The summed E-state index contributed by atoms with van der Waals surface area (Å²) < 4.78 is 4.75. The van der Waals surface area contributed by atoms with Crippen LogP contribution in [0, 0.1) is 6.92 Å². The summed E-state index contributed by atoms with van der Waals surface area (Å²) in [5.74, 6) is -0.233. The van der Waals surface area contributed by atoms with E-state index in [4.69, 9.17) is 4.74 Å². The Morgan fingerprint density at radius 2 is 1.83 bits per heavy atom. The van der Waals surface area contributed by atoms with E-state index in [2.05, 4.69) is 20.9 Å². The van der Waals surface area contributed by atoms with Gasteiger partial charge in [-0.3, -0.25) is 4.79 Å². The van der Waals surface area contributed by atoms with Gasteiger partial charge in [0.1, 0.15) is 11.6 Å². The Morgan fingerprint density at radius 1 is 1.21 bits per heavy atom. The fourth-order valence-electron chi connectivity index (χ4n) is 1.96. The first-order valence-corrected chi connectivity index (χ1v) is 8.24. The number of methoxy groups -OCH3 is 1. The van der Waals surface area contributed by atoms with Gasteiger partial charge >= 0.3 is 6.03 Å². The minimum Gasteiger partial charge on any atom is -0.375 e. The fourth-order valence-corrected chi connectivity index (χ4v) is 2.77. The molecule has 1 atom stereocenters. The molecule has 0 saturated carbocycles. The molecular formula is C16H20N4O3S. The molecule has 128 valence electrons. The van der Waals surface area contributed by atoms with Gasteiger partial charge in [0.15, 0.2) is 0 Å². The van der Waals surface area contributed by atoms with Gasteiger partial charge in [0.2, 0.25) is 5.91 Å². The summed E-state index contributed by atoms with van der Waals surface area (Å²) in [6.07, 6.45) is 0. The Balaban J connectivity index is 1.86. The number of aromatic nitrogens is 1. The number of rotatable bonds is 6. The van der Waals surface area contributed by atoms with Crippen molar-refractivity contribution in [2.75, 3.05) is 24.4 Å². The van der Waals surface area contributed by atoms with Crippen LogP contribution in [-0.2, 0) is 9.53 Å². The van der Waals surface area contributed by atoms with Crippen LogP contribution in [0.2, 0.25) is 0 Å². The van der Waals surface area contributed by atoms with Crippen LogP contribution in [0.15, 0.2) is 29.6 Å². The number of ether oxygens (including phenoxy) is 1. The molecule has 0 spiro atoms. The van der Waals surface area contributed by atoms with E-state index in [0.717, 1.165) is 10.7 Å². The number of hydrogen-bond donors (Lipinski definition) is 3. The molecule has 8 heteroatoms. The first-order valence-electron chi connectivity index (χ1n) is 7.36. The van der Waals surface area contributed by atoms with Crippen molar-refractivity contribution in [3.05, 3.63) is 40.3 Å². The van der Waals surface area contributed by atoms with Crippen molar-refractivity contribution in [3.8, 4) is 0 Å². The lowest BCUT2D eigenvalue weighted by Gasteiger charge is -2.13. The SMILES string of the molecule is COCC(=O)Nc1ccc(NC(=O)N[C@H](C)c2nc(C)cs2)cc1. The first kappa shape index (κ1) is 17.9. The van der Waals surface area contributed by atoms with Crippen LogP contribution in [0.4, 0.5) is 16.2 Å². The maximum Gasteiger partial charge on any atom is 0.319 e. The predicted octanol–water partition coefficient (Wildman–Crippen LogP) is 2.92. The van der Waals surface area contributed by atoms with Gasteiger partial charge in [-0.05, 0) is 38.1 Å². The highest BCUT2D eigenvalue weighted by atomic mass is 32.1. The molecular weight excluding hydrogens is 328 g/mol. The maximum absolute atomic E-state index is 12.0. The molecule has 3 amide bonds. The molecule has 0 fully saturated rings. The highest BCUT2D eigenvalue weighted by Gasteiger charge is 2.12. The van der Waals surface area contributed by atoms with E-state index >= 15 is 0 Å².